The van der Waals surface area contributed by atoms with Crippen molar-refractivity contribution in [2.24, 2.45) is 0 Å². The first-order chi connectivity index (χ1) is 12.6. The van der Waals surface area contributed by atoms with E-state index in [2.05, 4.69) is 20.8 Å². The van der Waals surface area contributed by atoms with Gasteiger partial charge in [0, 0.05) is 5.70 Å². The summed E-state index contributed by atoms with van der Waals surface area (Å²) in [6, 6.07) is 5.44. The number of ether oxygens (including phenoxy) is 1. The van der Waals surface area contributed by atoms with Crippen LogP contribution in [0.25, 0.3) is 0 Å². The highest BCUT2D eigenvalue weighted by atomic mass is 19.1. The third-order valence-electron chi connectivity index (χ3n) is 4.95. The lowest BCUT2D eigenvalue weighted by Gasteiger charge is -2.29. The maximum Gasteiger partial charge on any atom is 0.338 e. The van der Waals surface area contributed by atoms with Crippen LogP contribution < -0.4 is 5.32 Å². The number of fused-ring (bicyclic) bond motifs is 1. The van der Waals surface area contributed by atoms with Gasteiger partial charge in [0.2, 0.25) is 5.95 Å². The Morgan fingerprint density at radius 2 is 1.96 bits per heavy atom. The number of nitrogens with one attached hydrogen (secondary N) is 1. The molecule has 0 saturated heterocycles. The van der Waals surface area contributed by atoms with E-state index in [4.69, 9.17) is 4.74 Å². The summed E-state index contributed by atoms with van der Waals surface area (Å²) in [5.74, 6) is -0.282. The Kier molecular flexibility index (Phi) is 4.40. The van der Waals surface area contributed by atoms with Crippen molar-refractivity contribution < 1.29 is 13.9 Å². The Balaban J connectivity index is 1.69. The van der Waals surface area contributed by atoms with E-state index in [0.717, 1.165) is 31.2 Å². The van der Waals surface area contributed by atoms with E-state index in [1.54, 1.807) is 19.1 Å². The van der Waals surface area contributed by atoms with Gasteiger partial charge in [0.25, 0.3) is 0 Å². The summed E-state index contributed by atoms with van der Waals surface area (Å²) < 4.78 is 20.7. The molecule has 0 bridgehead atoms. The van der Waals surface area contributed by atoms with E-state index in [0.29, 0.717) is 17.2 Å². The molecule has 0 radical (unpaired) electrons. The minimum absolute atomic E-state index is 0.0549. The number of hydrogen-bond acceptors (Lipinski definition) is 6. The molecule has 0 amide bonds. The van der Waals surface area contributed by atoms with Crippen molar-refractivity contribution in [3.63, 3.8) is 0 Å². The fraction of sp³-hybridized carbons (Fsp3) is 0.444. The van der Waals surface area contributed by atoms with Crippen LogP contribution in [0.2, 0.25) is 0 Å². The average molecular weight is 357 g/mol. The summed E-state index contributed by atoms with van der Waals surface area (Å²) in [5, 5.41) is 14.7. The second-order valence-electron chi connectivity index (χ2n) is 6.73. The van der Waals surface area contributed by atoms with E-state index < -0.39 is 6.04 Å². The topological polar surface area (TPSA) is 81.9 Å². The van der Waals surface area contributed by atoms with Crippen LogP contribution >= 0.6 is 0 Å². The number of esters is 1. The summed E-state index contributed by atoms with van der Waals surface area (Å²) in [4.78, 5) is 13.0. The van der Waals surface area contributed by atoms with Crippen molar-refractivity contribution in [3.05, 3.63) is 46.9 Å². The summed E-state index contributed by atoms with van der Waals surface area (Å²) in [7, 11) is 0. The fourth-order valence-corrected chi connectivity index (χ4v) is 3.63. The van der Waals surface area contributed by atoms with Crippen LogP contribution in [0, 0.1) is 5.82 Å². The normalized spacial score (nSPS) is 20.5. The molecule has 0 spiro atoms. The molecule has 1 aromatic heterocycles. The maximum atomic E-state index is 13.4. The Morgan fingerprint density at radius 3 is 2.69 bits per heavy atom. The zero-order chi connectivity index (χ0) is 18.1. The highest BCUT2D eigenvalue weighted by Crippen LogP contribution is 2.35. The highest BCUT2D eigenvalue weighted by Gasteiger charge is 2.36. The monoisotopic (exact) mass is 357 g/mol. The second-order valence-corrected chi connectivity index (χ2v) is 6.73. The molecule has 1 fully saturated rings. The molecule has 136 valence electrons. The number of halogens is 1. The number of tetrazole rings is 1. The fourth-order valence-electron chi connectivity index (χ4n) is 3.63. The van der Waals surface area contributed by atoms with E-state index in [1.165, 1.54) is 23.2 Å². The zero-order valence-electron chi connectivity index (χ0n) is 14.5. The smallest absolute Gasteiger partial charge is 0.338 e. The lowest BCUT2D eigenvalue weighted by molar-refractivity contribution is -0.146. The van der Waals surface area contributed by atoms with Gasteiger partial charge in [-0.15, -0.1) is 0 Å². The summed E-state index contributed by atoms with van der Waals surface area (Å²) in [6.45, 7) is 1.80. The third-order valence-corrected chi connectivity index (χ3v) is 4.95. The van der Waals surface area contributed by atoms with Gasteiger partial charge in [0.15, 0.2) is 0 Å². The molecular formula is C18H20FN5O2. The lowest BCUT2D eigenvalue weighted by atomic mass is 9.95. The second kappa shape index (κ2) is 6.86. The first kappa shape index (κ1) is 16.7. The van der Waals surface area contributed by atoms with Gasteiger partial charge in [0.1, 0.15) is 18.0 Å². The van der Waals surface area contributed by atoms with Gasteiger partial charge in [-0.1, -0.05) is 23.7 Å². The number of nitrogens with zero attached hydrogens (tertiary/aromatic N) is 4. The van der Waals surface area contributed by atoms with Crippen molar-refractivity contribution in [3.8, 4) is 0 Å². The molecule has 1 aliphatic carbocycles. The quantitative estimate of drug-likeness (QED) is 0.851. The molecule has 7 nitrogen and oxygen atoms in total. The van der Waals surface area contributed by atoms with Gasteiger partial charge >= 0.3 is 5.97 Å². The highest BCUT2D eigenvalue weighted by molar-refractivity contribution is 5.92. The van der Waals surface area contributed by atoms with Crippen molar-refractivity contribution in [1.82, 2.24) is 20.2 Å². The van der Waals surface area contributed by atoms with Gasteiger partial charge in [-0.05, 0) is 60.7 Å². The van der Waals surface area contributed by atoms with Crippen LogP contribution in [0.1, 0.15) is 50.6 Å². The average Bonchev–Trinajstić information content (AvgIpc) is 3.10. The summed E-state index contributed by atoms with van der Waals surface area (Å²) >= 11 is 0. The van der Waals surface area contributed by atoms with Crippen LogP contribution in [0.15, 0.2) is 35.5 Å². The number of aromatic nitrogens is 4. The Morgan fingerprint density at radius 1 is 1.23 bits per heavy atom. The van der Waals surface area contributed by atoms with E-state index >= 15 is 0 Å². The number of carbonyl (C=O) groups is 1. The Labute approximate surface area is 150 Å². The lowest BCUT2D eigenvalue weighted by Crippen LogP contribution is -2.32. The molecule has 2 aliphatic rings. The molecule has 1 saturated carbocycles. The van der Waals surface area contributed by atoms with Gasteiger partial charge in [-0.25, -0.2) is 9.18 Å². The minimum atomic E-state index is -0.557. The molecule has 1 atom stereocenters. The molecule has 1 aromatic carbocycles. The number of carbonyl (C=O) groups excluding carboxylic acids is 1. The molecule has 1 N–H and O–H groups in total. The first-order valence-electron chi connectivity index (χ1n) is 8.85. The number of rotatable bonds is 3. The van der Waals surface area contributed by atoms with Crippen molar-refractivity contribution in [2.45, 2.75) is 51.2 Å². The first-order valence-corrected chi connectivity index (χ1v) is 8.85. The van der Waals surface area contributed by atoms with E-state index in [9.17, 15) is 9.18 Å². The van der Waals surface area contributed by atoms with Crippen LogP contribution in [-0.2, 0) is 9.53 Å². The zero-order valence-corrected chi connectivity index (χ0v) is 14.5. The largest absolute Gasteiger partial charge is 0.459 e. The molecule has 8 heteroatoms. The number of hydrogen-bond donors (Lipinski definition) is 1. The number of allylic oxidation sites excluding steroid dienone is 1. The molecule has 1 aliphatic heterocycles. The van der Waals surface area contributed by atoms with Gasteiger partial charge in [0.05, 0.1) is 5.57 Å². The SMILES string of the molecule is CC1=C(C(=O)OC2CCCCC2)[C@H](c2ccc(F)cc2)n2nnnc2N1. The van der Waals surface area contributed by atoms with Crippen molar-refractivity contribution in [1.29, 1.82) is 0 Å². The third kappa shape index (κ3) is 3.07. The molecule has 4 rings (SSSR count). The molecule has 2 heterocycles. The molecule has 26 heavy (non-hydrogen) atoms. The van der Waals surface area contributed by atoms with Gasteiger partial charge in [-0.3, -0.25) is 0 Å². The molecule has 0 unspecified atom stereocenters. The summed E-state index contributed by atoms with van der Waals surface area (Å²) in [6.07, 6.45) is 5.06. The van der Waals surface area contributed by atoms with Crippen LogP contribution in [0.5, 0.6) is 0 Å². The minimum Gasteiger partial charge on any atom is -0.459 e. The molecule has 2 aromatic rings. The maximum absolute atomic E-state index is 13.4. The number of anilines is 1. The summed E-state index contributed by atoms with van der Waals surface area (Å²) in [5.41, 5.74) is 1.81. The van der Waals surface area contributed by atoms with Crippen LogP contribution in [0.4, 0.5) is 10.3 Å². The van der Waals surface area contributed by atoms with Crippen molar-refractivity contribution in [2.75, 3.05) is 5.32 Å². The van der Waals surface area contributed by atoms with Crippen LogP contribution in [-0.4, -0.2) is 32.3 Å². The predicted molar refractivity (Wildman–Crippen MR) is 91.6 cm³/mol. The van der Waals surface area contributed by atoms with E-state index in [1.807, 2.05) is 0 Å². The van der Waals surface area contributed by atoms with E-state index in [-0.39, 0.29) is 17.9 Å². The standard InChI is InChI=1S/C18H20FN5O2/c1-11-15(17(25)26-14-5-3-2-4-6-14)16(12-7-9-13(19)10-8-12)24-18(20-11)21-22-23-24/h7-10,14,16H,2-6H2,1H3,(H,20,21,23)/t16-/m0/s1. The predicted octanol–water partition coefficient (Wildman–Crippen LogP) is 2.98. The van der Waals surface area contributed by atoms with Gasteiger partial charge in [-0.2, -0.15) is 4.68 Å². The number of benzene rings is 1. The molecular weight excluding hydrogens is 337 g/mol. The van der Waals surface area contributed by atoms with Crippen molar-refractivity contribution >= 4 is 11.9 Å². The van der Waals surface area contributed by atoms with Crippen LogP contribution in [0.3, 0.4) is 0 Å². The Bertz CT molecular complexity index is 840. The Hall–Kier alpha value is -2.77. The van der Waals surface area contributed by atoms with Gasteiger partial charge < -0.3 is 10.1 Å².